The molecule has 1 N–H and O–H groups in total. The van der Waals surface area contributed by atoms with Crippen LogP contribution in [0.2, 0.25) is 0 Å². The third-order valence-electron chi connectivity index (χ3n) is 6.77. The lowest BCUT2D eigenvalue weighted by Crippen LogP contribution is -2.32. The van der Waals surface area contributed by atoms with Gasteiger partial charge in [0.2, 0.25) is 0 Å². The molecule has 1 saturated carbocycles. The molecule has 30 heavy (non-hydrogen) atoms. The molecule has 3 unspecified atom stereocenters. The average Bonchev–Trinajstić information content (AvgIpc) is 3.42. The number of unbranched alkanes of at least 4 members (excludes halogenated alkanes) is 12. The van der Waals surface area contributed by atoms with Crippen LogP contribution in [-0.4, -0.2) is 35.9 Å². The molecule has 0 aromatic rings. The number of rotatable bonds is 18. The Balaban J connectivity index is 2.27. The first-order valence-electron chi connectivity index (χ1n) is 12.3. The number of nitrogens with zero attached hydrogens (tertiary/aromatic N) is 1. The molecule has 1 aliphatic carbocycles. The summed E-state index contributed by atoms with van der Waals surface area (Å²) in [6, 6.07) is -0.336. The zero-order valence-corrected chi connectivity index (χ0v) is 19.9. The van der Waals surface area contributed by atoms with Crippen LogP contribution in [0, 0.1) is 11.3 Å². The van der Waals surface area contributed by atoms with Gasteiger partial charge in [-0.25, -0.2) is 4.79 Å². The van der Waals surface area contributed by atoms with Crippen molar-refractivity contribution in [2.24, 2.45) is 16.3 Å². The van der Waals surface area contributed by atoms with Crippen LogP contribution < -0.4 is 0 Å². The van der Waals surface area contributed by atoms with E-state index in [0.717, 1.165) is 19.3 Å². The van der Waals surface area contributed by atoms with Crippen LogP contribution in [0.25, 0.3) is 0 Å². The predicted molar refractivity (Wildman–Crippen MR) is 123 cm³/mol. The number of hydrogen-bond donors (Lipinski definition) is 1. The quantitative estimate of drug-likeness (QED) is 0.153. The van der Waals surface area contributed by atoms with E-state index in [1.807, 2.05) is 6.92 Å². The number of aliphatic imine (C=N–C) groups is 1. The van der Waals surface area contributed by atoms with Crippen LogP contribution in [0.4, 0.5) is 0 Å². The lowest BCUT2D eigenvalue weighted by Gasteiger charge is -2.21. The van der Waals surface area contributed by atoms with Gasteiger partial charge in [0.1, 0.15) is 5.71 Å². The van der Waals surface area contributed by atoms with E-state index in [9.17, 15) is 14.7 Å². The molecule has 5 heteroatoms. The molecule has 1 fully saturated rings. The summed E-state index contributed by atoms with van der Waals surface area (Å²) in [5.74, 6) is -1.15. The molecular formula is C25H45NO4. The summed E-state index contributed by atoms with van der Waals surface area (Å²) >= 11 is 0. The van der Waals surface area contributed by atoms with Crippen molar-refractivity contribution in [3.63, 3.8) is 0 Å². The zero-order chi connectivity index (χ0) is 22.4. The first-order valence-corrected chi connectivity index (χ1v) is 12.3. The summed E-state index contributed by atoms with van der Waals surface area (Å²) in [6.07, 6.45) is 18.1. The van der Waals surface area contributed by atoms with Crippen LogP contribution in [0.5, 0.6) is 0 Å². The van der Waals surface area contributed by atoms with Gasteiger partial charge in [-0.05, 0) is 25.7 Å². The molecule has 1 rings (SSSR count). The van der Waals surface area contributed by atoms with Crippen molar-refractivity contribution in [1.29, 1.82) is 0 Å². The molecule has 0 saturated heterocycles. The second-order valence-corrected chi connectivity index (χ2v) is 9.20. The highest BCUT2D eigenvalue weighted by Gasteiger charge is 2.62. The number of carbonyl (C=O) groups excluding carboxylic acids is 1. The van der Waals surface area contributed by atoms with Gasteiger partial charge in [-0.3, -0.25) is 9.79 Å². The molecule has 3 atom stereocenters. The van der Waals surface area contributed by atoms with Crippen LogP contribution >= 0.6 is 0 Å². The fraction of sp³-hybridized carbons (Fsp3) is 0.880. The number of carbonyl (C=O) groups is 2. The Kier molecular flexibility index (Phi) is 13.0. The molecule has 5 nitrogen and oxygen atoms in total. The highest BCUT2D eigenvalue weighted by atomic mass is 16.5. The minimum absolute atomic E-state index is 0.108. The smallest absolute Gasteiger partial charge is 0.351 e. The Morgan fingerprint density at radius 1 is 0.967 bits per heavy atom. The van der Waals surface area contributed by atoms with E-state index in [-0.39, 0.29) is 17.7 Å². The largest absolute Gasteiger partial charge is 0.481 e. The molecule has 0 aliphatic heterocycles. The molecule has 0 amide bonds. The maximum Gasteiger partial charge on any atom is 0.351 e. The Labute approximate surface area is 184 Å². The van der Waals surface area contributed by atoms with Gasteiger partial charge in [0.15, 0.2) is 0 Å². The molecule has 0 aromatic heterocycles. The third-order valence-corrected chi connectivity index (χ3v) is 6.77. The van der Waals surface area contributed by atoms with Crippen molar-refractivity contribution in [3.8, 4) is 0 Å². The van der Waals surface area contributed by atoms with Gasteiger partial charge in [0, 0.05) is 0 Å². The molecule has 0 bridgehead atoms. The third kappa shape index (κ3) is 8.77. The zero-order valence-electron chi connectivity index (χ0n) is 19.9. The Hall–Kier alpha value is -1.39. The van der Waals surface area contributed by atoms with Gasteiger partial charge in [-0.15, -0.1) is 0 Å². The van der Waals surface area contributed by atoms with E-state index < -0.39 is 17.4 Å². The normalized spacial score (nSPS) is 22.0. The number of esters is 1. The molecular weight excluding hydrogens is 378 g/mol. The topological polar surface area (TPSA) is 76.0 Å². The molecule has 0 aromatic carbocycles. The van der Waals surface area contributed by atoms with Gasteiger partial charge in [0.25, 0.3) is 0 Å². The highest BCUT2D eigenvalue weighted by Crippen LogP contribution is 2.57. The van der Waals surface area contributed by atoms with Crippen molar-refractivity contribution in [3.05, 3.63) is 0 Å². The highest BCUT2D eigenvalue weighted by molar-refractivity contribution is 6.35. The fourth-order valence-corrected chi connectivity index (χ4v) is 4.58. The predicted octanol–water partition coefficient (Wildman–Crippen LogP) is 6.58. The van der Waals surface area contributed by atoms with Crippen LogP contribution in [-0.2, 0) is 14.3 Å². The average molecular weight is 424 g/mol. The lowest BCUT2D eigenvalue weighted by atomic mass is 9.89. The van der Waals surface area contributed by atoms with Gasteiger partial charge >= 0.3 is 11.9 Å². The van der Waals surface area contributed by atoms with Crippen LogP contribution in [0.1, 0.15) is 117 Å². The number of aliphatic carboxylic acids is 1. The number of ether oxygens (including phenoxy) is 1. The summed E-state index contributed by atoms with van der Waals surface area (Å²) < 4.78 is 4.74. The number of hydrogen-bond acceptors (Lipinski definition) is 4. The van der Waals surface area contributed by atoms with E-state index >= 15 is 0 Å². The Morgan fingerprint density at radius 3 is 1.77 bits per heavy atom. The number of carboxylic acids is 1. The molecule has 0 radical (unpaired) electrons. The standard InChI is InChI=1S/C25H45NO4/c1-5-6-7-8-9-10-11-12-13-14-15-16-17-18-22(26-21(3)23(27)30-4)25(24(28)29)19-20(25)2/h20,22H,5-19H2,1-4H3,(H,28,29). The summed E-state index contributed by atoms with van der Waals surface area (Å²) in [5, 5.41) is 9.77. The first-order chi connectivity index (χ1) is 14.4. The van der Waals surface area contributed by atoms with Gasteiger partial charge < -0.3 is 9.84 Å². The summed E-state index contributed by atoms with van der Waals surface area (Å²) in [6.45, 7) is 5.84. The minimum atomic E-state index is -0.799. The van der Waals surface area contributed by atoms with Crippen molar-refractivity contribution >= 4 is 17.7 Å². The lowest BCUT2D eigenvalue weighted by molar-refractivity contribution is -0.145. The van der Waals surface area contributed by atoms with E-state index in [1.165, 1.54) is 77.7 Å². The molecule has 0 spiro atoms. The van der Waals surface area contributed by atoms with E-state index in [4.69, 9.17) is 4.74 Å². The van der Waals surface area contributed by atoms with Crippen molar-refractivity contribution in [1.82, 2.24) is 0 Å². The van der Waals surface area contributed by atoms with E-state index in [1.54, 1.807) is 6.92 Å². The maximum absolute atomic E-state index is 11.9. The summed E-state index contributed by atoms with van der Waals surface area (Å²) in [4.78, 5) is 28.1. The van der Waals surface area contributed by atoms with Crippen molar-refractivity contribution in [2.45, 2.75) is 123 Å². The van der Waals surface area contributed by atoms with Crippen LogP contribution in [0.3, 0.4) is 0 Å². The summed E-state index contributed by atoms with van der Waals surface area (Å²) in [5.41, 5.74) is -0.524. The molecule has 174 valence electrons. The van der Waals surface area contributed by atoms with E-state index in [0.29, 0.717) is 6.42 Å². The van der Waals surface area contributed by atoms with Crippen LogP contribution in [0.15, 0.2) is 4.99 Å². The monoisotopic (exact) mass is 423 g/mol. The summed E-state index contributed by atoms with van der Waals surface area (Å²) in [7, 11) is 1.33. The minimum Gasteiger partial charge on any atom is -0.481 e. The van der Waals surface area contributed by atoms with Crippen molar-refractivity contribution in [2.75, 3.05) is 7.11 Å². The fourth-order valence-electron chi connectivity index (χ4n) is 4.58. The second-order valence-electron chi connectivity index (χ2n) is 9.20. The van der Waals surface area contributed by atoms with Gasteiger partial charge in [0.05, 0.1) is 18.6 Å². The SMILES string of the molecule is CCCCCCCCCCCCCCCC(N=C(C)C(=O)OC)C1(C(=O)O)CC1C. The number of carboxylic acid groups (broad SMARTS) is 1. The number of methoxy groups -OCH3 is 1. The maximum atomic E-state index is 11.9. The van der Waals surface area contributed by atoms with Crippen molar-refractivity contribution < 1.29 is 19.4 Å². The van der Waals surface area contributed by atoms with Gasteiger partial charge in [-0.2, -0.15) is 0 Å². The van der Waals surface area contributed by atoms with Gasteiger partial charge in [-0.1, -0.05) is 97.3 Å². The second kappa shape index (κ2) is 14.6. The first kappa shape index (κ1) is 26.6. The molecule has 0 heterocycles. The molecule has 1 aliphatic rings. The Morgan fingerprint density at radius 2 is 1.40 bits per heavy atom. The Bertz CT molecular complexity index is 545. The van der Waals surface area contributed by atoms with E-state index in [2.05, 4.69) is 11.9 Å².